The number of benzene rings is 2. The number of likely N-dealkylation sites (tertiary alicyclic amines) is 1. The van der Waals surface area contributed by atoms with E-state index in [-0.39, 0.29) is 0 Å². The normalized spacial score (nSPS) is 20.7. The third-order valence-corrected chi connectivity index (χ3v) is 6.46. The molecule has 2 aromatic carbocycles. The Kier molecular flexibility index (Phi) is 5.68. The summed E-state index contributed by atoms with van der Waals surface area (Å²) in [5, 5.41) is 0. The molecule has 0 aromatic heterocycles. The first-order chi connectivity index (χ1) is 13.3. The largest absolute Gasteiger partial charge is 0.497 e. The quantitative estimate of drug-likeness (QED) is 0.738. The number of nitrogens with zero attached hydrogens (tertiary/aromatic N) is 2. The maximum atomic E-state index is 5.38. The van der Waals surface area contributed by atoms with E-state index in [1.165, 1.54) is 56.7 Å². The smallest absolute Gasteiger partial charge is 0.119 e. The monoisotopic (exact) mass is 364 g/mol. The number of para-hydroxylation sites is 1. The predicted molar refractivity (Wildman–Crippen MR) is 113 cm³/mol. The van der Waals surface area contributed by atoms with Crippen molar-refractivity contribution in [2.75, 3.05) is 38.2 Å². The van der Waals surface area contributed by atoms with Crippen LogP contribution in [0.1, 0.15) is 43.2 Å². The Hall–Kier alpha value is -2.00. The molecule has 1 saturated heterocycles. The fraction of sp³-hybridized carbons (Fsp3) is 0.500. The van der Waals surface area contributed by atoms with Crippen LogP contribution in [-0.2, 0) is 6.42 Å². The van der Waals surface area contributed by atoms with E-state index >= 15 is 0 Å². The van der Waals surface area contributed by atoms with E-state index in [9.17, 15) is 0 Å². The third kappa shape index (κ3) is 3.98. The van der Waals surface area contributed by atoms with Gasteiger partial charge in [0.15, 0.2) is 0 Å². The first-order valence-corrected chi connectivity index (χ1v) is 10.5. The van der Waals surface area contributed by atoms with Gasteiger partial charge in [0.25, 0.3) is 0 Å². The van der Waals surface area contributed by atoms with Gasteiger partial charge in [0, 0.05) is 37.3 Å². The minimum Gasteiger partial charge on any atom is -0.497 e. The van der Waals surface area contributed by atoms with Crippen LogP contribution in [0.25, 0.3) is 0 Å². The molecule has 3 nitrogen and oxygen atoms in total. The van der Waals surface area contributed by atoms with Crippen molar-refractivity contribution in [2.45, 2.75) is 44.6 Å². The van der Waals surface area contributed by atoms with Gasteiger partial charge in [-0.3, -0.25) is 0 Å². The molecule has 2 aliphatic rings. The zero-order chi connectivity index (χ0) is 18.6. The van der Waals surface area contributed by atoms with Crippen LogP contribution in [0.3, 0.4) is 0 Å². The molecule has 3 heteroatoms. The fourth-order valence-electron chi connectivity index (χ4n) is 4.84. The Balaban J connectivity index is 1.45. The van der Waals surface area contributed by atoms with Crippen LogP contribution in [0.5, 0.6) is 5.75 Å². The molecular weight excluding hydrogens is 332 g/mol. The highest BCUT2D eigenvalue weighted by molar-refractivity contribution is 5.61. The average molecular weight is 365 g/mol. The van der Waals surface area contributed by atoms with E-state index in [1.54, 1.807) is 12.7 Å². The van der Waals surface area contributed by atoms with E-state index in [0.29, 0.717) is 12.0 Å². The maximum absolute atomic E-state index is 5.38. The summed E-state index contributed by atoms with van der Waals surface area (Å²) < 4.78 is 5.38. The molecule has 0 N–H and O–H groups in total. The molecule has 1 unspecified atom stereocenters. The summed E-state index contributed by atoms with van der Waals surface area (Å²) in [6, 6.07) is 18.3. The van der Waals surface area contributed by atoms with E-state index in [4.69, 9.17) is 4.74 Å². The molecule has 2 aromatic rings. The number of anilines is 1. The summed E-state index contributed by atoms with van der Waals surface area (Å²) in [5.41, 5.74) is 4.42. The predicted octanol–water partition coefficient (Wildman–Crippen LogP) is 4.72. The summed E-state index contributed by atoms with van der Waals surface area (Å²) in [6.07, 6.45) is 4.91. The van der Waals surface area contributed by atoms with Crippen LogP contribution in [-0.4, -0.2) is 44.2 Å². The SMILES string of the molecule is CCN1CCC(N2CC(CCc3cccc(OC)c3)c3ccccc32)CC1. The third-order valence-electron chi connectivity index (χ3n) is 6.46. The highest BCUT2D eigenvalue weighted by Crippen LogP contribution is 2.41. The molecule has 0 bridgehead atoms. The van der Waals surface area contributed by atoms with Gasteiger partial charge in [-0.1, -0.05) is 37.3 Å². The lowest BCUT2D eigenvalue weighted by molar-refractivity contribution is 0.218. The van der Waals surface area contributed by atoms with Crippen molar-refractivity contribution in [3.63, 3.8) is 0 Å². The number of piperidine rings is 1. The van der Waals surface area contributed by atoms with E-state index < -0.39 is 0 Å². The second-order valence-electron chi connectivity index (χ2n) is 7.96. The van der Waals surface area contributed by atoms with Crippen LogP contribution in [0, 0.1) is 0 Å². The van der Waals surface area contributed by atoms with Gasteiger partial charge in [-0.2, -0.15) is 0 Å². The number of hydrogen-bond donors (Lipinski definition) is 0. The van der Waals surface area contributed by atoms with Crippen LogP contribution in [0.15, 0.2) is 48.5 Å². The van der Waals surface area contributed by atoms with Gasteiger partial charge in [-0.25, -0.2) is 0 Å². The van der Waals surface area contributed by atoms with Gasteiger partial charge >= 0.3 is 0 Å². The summed E-state index contributed by atoms with van der Waals surface area (Å²) in [6.45, 7) is 7.13. The Labute approximate surface area is 163 Å². The van der Waals surface area contributed by atoms with Crippen LogP contribution < -0.4 is 9.64 Å². The number of methoxy groups -OCH3 is 1. The fourth-order valence-corrected chi connectivity index (χ4v) is 4.84. The van der Waals surface area contributed by atoms with Crippen molar-refractivity contribution in [1.29, 1.82) is 0 Å². The second kappa shape index (κ2) is 8.35. The molecule has 2 aliphatic heterocycles. The molecule has 1 atom stereocenters. The molecule has 0 amide bonds. The molecule has 27 heavy (non-hydrogen) atoms. The summed E-state index contributed by atoms with van der Waals surface area (Å²) in [7, 11) is 1.74. The Morgan fingerprint density at radius 3 is 2.63 bits per heavy atom. The van der Waals surface area contributed by atoms with Crippen LogP contribution in [0.4, 0.5) is 5.69 Å². The maximum Gasteiger partial charge on any atom is 0.119 e. The highest BCUT2D eigenvalue weighted by atomic mass is 16.5. The van der Waals surface area contributed by atoms with Crippen molar-refractivity contribution < 1.29 is 4.74 Å². The van der Waals surface area contributed by atoms with Crippen molar-refractivity contribution in [1.82, 2.24) is 4.90 Å². The van der Waals surface area contributed by atoms with Gasteiger partial charge < -0.3 is 14.5 Å². The highest BCUT2D eigenvalue weighted by Gasteiger charge is 2.33. The van der Waals surface area contributed by atoms with Crippen LogP contribution >= 0.6 is 0 Å². The van der Waals surface area contributed by atoms with Crippen molar-refractivity contribution in [3.8, 4) is 5.75 Å². The molecule has 1 fully saturated rings. The lowest BCUT2D eigenvalue weighted by Gasteiger charge is -2.38. The van der Waals surface area contributed by atoms with Gasteiger partial charge in [0.05, 0.1) is 7.11 Å². The number of rotatable bonds is 6. The van der Waals surface area contributed by atoms with Gasteiger partial charge in [0.1, 0.15) is 5.75 Å². The van der Waals surface area contributed by atoms with Crippen molar-refractivity contribution in [2.24, 2.45) is 0 Å². The zero-order valence-corrected chi connectivity index (χ0v) is 16.7. The molecule has 144 valence electrons. The van der Waals surface area contributed by atoms with Crippen LogP contribution in [0.2, 0.25) is 0 Å². The van der Waals surface area contributed by atoms with Crippen molar-refractivity contribution >= 4 is 5.69 Å². The minimum absolute atomic E-state index is 0.636. The Morgan fingerprint density at radius 2 is 1.85 bits per heavy atom. The number of aryl methyl sites for hydroxylation is 1. The molecular formula is C24H32N2O. The summed E-state index contributed by atoms with van der Waals surface area (Å²) >= 11 is 0. The van der Waals surface area contributed by atoms with Gasteiger partial charge in [0.2, 0.25) is 0 Å². The summed E-state index contributed by atoms with van der Waals surface area (Å²) in [5.74, 6) is 1.60. The first kappa shape index (κ1) is 18.4. The molecule has 0 saturated carbocycles. The van der Waals surface area contributed by atoms with Gasteiger partial charge in [-0.05, 0) is 61.6 Å². The standard InChI is InChI=1S/C24H32N2O/c1-3-25-15-13-21(14-16-25)26-18-20(23-9-4-5-10-24(23)26)12-11-19-7-6-8-22(17-19)27-2/h4-10,17,20-21H,3,11-16,18H2,1-2H3. The molecule has 0 spiro atoms. The lowest BCUT2D eigenvalue weighted by Crippen LogP contribution is -2.44. The van der Waals surface area contributed by atoms with E-state index in [2.05, 4.69) is 59.2 Å². The molecule has 2 heterocycles. The zero-order valence-electron chi connectivity index (χ0n) is 16.7. The molecule has 0 aliphatic carbocycles. The van der Waals surface area contributed by atoms with E-state index in [0.717, 1.165) is 12.2 Å². The van der Waals surface area contributed by atoms with E-state index in [1.807, 2.05) is 6.07 Å². The second-order valence-corrected chi connectivity index (χ2v) is 7.96. The first-order valence-electron chi connectivity index (χ1n) is 10.5. The molecule has 0 radical (unpaired) electrons. The minimum atomic E-state index is 0.636. The summed E-state index contributed by atoms with van der Waals surface area (Å²) in [4.78, 5) is 5.30. The number of hydrogen-bond acceptors (Lipinski definition) is 3. The number of fused-ring (bicyclic) bond motifs is 1. The average Bonchev–Trinajstić information content (AvgIpc) is 3.11. The lowest BCUT2D eigenvalue weighted by atomic mass is 9.94. The Morgan fingerprint density at radius 1 is 1.04 bits per heavy atom. The van der Waals surface area contributed by atoms with Crippen molar-refractivity contribution in [3.05, 3.63) is 59.7 Å². The topological polar surface area (TPSA) is 15.7 Å². The van der Waals surface area contributed by atoms with Gasteiger partial charge in [-0.15, -0.1) is 0 Å². The Bertz CT molecular complexity index is 752. The number of ether oxygens (including phenoxy) is 1. The molecule has 4 rings (SSSR count).